The van der Waals surface area contributed by atoms with Crippen molar-refractivity contribution >= 4 is 63.1 Å². The van der Waals surface area contributed by atoms with E-state index in [-0.39, 0.29) is 18.6 Å². The minimum absolute atomic E-state index is 0.0784. The summed E-state index contributed by atoms with van der Waals surface area (Å²) in [4.78, 5) is 39.7. The van der Waals surface area contributed by atoms with Crippen molar-refractivity contribution in [3.63, 3.8) is 0 Å². The zero-order valence-electron chi connectivity index (χ0n) is 18.2. The number of hydrogen-bond donors (Lipinski definition) is 1. The van der Waals surface area contributed by atoms with Gasteiger partial charge in [-0.3, -0.25) is 14.4 Å². The first-order valence-corrected chi connectivity index (χ1v) is 12.2. The van der Waals surface area contributed by atoms with Gasteiger partial charge in [0.2, 0.25) is 5.91 Å². The maximum atomic E-state index is 13.1. The van der Waals surface area contributed by atoms with E-state index < -0.39 is 11.1 Å². The predicted octanol–water partition coefficient (Wildman–Crippen LogP) is 4.83. The van der Waals surface area contributed by atoms with E-state index >= 15 is 0 Å². The van der Waals surface area contributed by atoms with Crippen LogP contribution in [0.3, 0.4) is 0 Å². The molecule has 0 unspecified atom stereocenters. The molecule has 2 aromatic carbocycles. The van der Waals surface area contributed by atoms with Crippen molar-refractivity contribution in [2.45, 2.75) is 25.5 Å². The lowest BCUT2D eigenvalue weighted by molar-refractivity contribution is -0.122. The van der Waals surface area contributed by atoms with E-state index in [9.17, 15) is 14.4 Å². The molecule has 5 rings (SSSR count). The molecule has 0 aliphatic carbocycles. The van der Waals surface area contributed by atoms with Crippen LogP contribution >= 0.6 is 23.4 Å². The van der Waals surface area contributed by atoms with Crippen molar-refractivity contribution in [1.29, 1.82) is 0 Å². The standard InChI is InChI=1S/C25H22ClN3O4S/c26-19-8-2-4-10-21(19)29-24(31)22(34-25(29)32)12-16-14-28(20-9-3-1-7-18(16)20)15-23(30)27-13-17-6-5-11-33-17/h1-4,7-10,12,14,17H,5-6,11,13,15H2,(H,27,30)/b22-12-/t17-/m1/s1. The molecule has 2 aliphatic heterocycles. The summed E-state index contributed by atoms with van der Waals surface area (Å²) < 4.78 is 7.42. The van der Waals surface area contributed by atoms with E-state index in [0.717, 1.165) is 52.6 Å². The van der Waals surface area contributed by atoms with Crippen molar-refractivity contribution in [3.8, 4) is 0 Å². The molecular formula is C25H22ClN3O4S. The Kier molecular flexibility index (Phi) is 6.45. The fourth-order valence-corrected chi connectivity index (χ4v) is 5.26. The third-order valence-electron chi connectivity index (χ3n) is 5.86. The van der Waals surface area contributed by atoms with Crippen LogP contribution in [-0.2, 0) is 20.9 Å². The summed E-state index contributed by atoms with van der Waals surface area (Å²) in [6, 6.07) is 14.4. The number of anilines is 1. The molecule has 1 aromatic heterocycles. The van der Waals surface area contributed by atoms with Gasteiger partial charge in [0.15, 0.2) is 0 Å². The number of ether oxygens (including phenoxy) is 1. The molecule has 2 aliphatic rings. The summed E-state index contributed by atoms with van der Waals surface area (Å²) in [7, 11) is 0. The number of halogens is 1. The third-order valence-corrected chi connectivity index (χ3v) is 7.05. The fourth-order valence-electron chi connectivity index (χ4n) is 4.21. The number of hydrogen-bond acceptors (Lipinski definition) is 5. The minimum atomic E-state index is -0.422. The van der Waals surface area contributed by atoms with Crippen LogP contribution in [0.25, 0.3) is 17.0 Å². The molecule has 7 nitrogen and oxygen atoms in total. The normalized spacial score (nSPS) is 19.5. The number of imide groups is 1. The van der Waals surface area contributed by atoms with Gasteiger partial charge in [-0.25, -0.2) is 4.90 Å². The lowest BCUT2D eigenvalue weighted by Crippen LogP contribution is -2.34. The SMILES string of the molecule is O=C(Cn1cc(/C=C2\SC(=O)N(c3ccccc3Cl)C2=O)c2ccccc21)NC[C@H]1CCCO1. The van der Waals surface area contributed by atoms with Gasteiger partial charge < -0.3 is 14.6 Å². The second kappa shape index (κ2) is 9.66. The highest BCUT2D eigenvalue weighted by atomic mass is 35.5. The van der Waals surface area contributed by atoms with Crippen LogP contribution in [0.5, 0.6) is 0 Å². The monoisotopic (exact) mass is 495 g/mol. The van der Waals surface area contributed by atoms with Crippen molar-refractivity contribution < 1.29 is 19.1 Å². The first kappa shape index (κ1) is 22.7. The van der Waals surface area contributed by atoms with Gasteiger partial charge in [0.05, 0.1) is 21.7 Å². The Balaban J connectivity index is 1.40. The van der Waals surface area contributed by atoms with E-state index in [0.29, 0.717) is 22.2 Å². The van der Waals surface area contributed by atoms with Crippen molar-refractivity contribution in [2.24, 2.45) is 0 Å². The number of aromatic nitrogens is 1. The van der Waals surface area contributed by atoms with Crippen LogP contribution in [0.15, 0.2) is 59.6 Å². The number of benzene rings is 2. The predicted molar refractivity (Wildman–Crippen MR) is 134 cm³/mol. The van der Waals surface area contributed by atoms with Gasteiger partial charge >= 0.3 is 0 Å². The molecule has 34 heavy (non-hydrogen) atoms. The Morgan fingerprint density at radius 3 is 2.76 bits per heavy atom. The van der Waals surface area contributed by atoms with Crippen LogP contribution in [-0.4, -0.2) is 40.9 Å². The van der Waals surface area contributed by atoms with Gasteiger partial charge in [0.25, 0.3) is 11.1 Å². The number of fused-ring (bicyclic) bond motifs is 1. The quantitative estimate of drug-likeness (QED) is 0.495. The molecule has 0 saturated carbocycles. The average Bonchev–Trinajstić information content (AvgIpc) is 3.53. The first-order valence-electron chi connectivity index (χ1n) is 11.0. The highest BCUT2D eigenvalue weighted by molar-refractivity contribution is 8.19. The molecule has 3 heterocycles. The van der Waals surface area contributed by atoms with Crippen LogP contribution in [0, 0.1) is 0 Å². The van der Waals surface area contributed by atoms with Gasteiger partial charge in [-0.15, -0.1) is 0 Å². The molecule has 1 N–H and O–H groups in total. The van der Waals surface area contributed by atoms with Gasteiger partial charge in [-0.2, -0.15) is 0 Å². The van der Waals surface area contributed by atoms with Gasteiger partial charge in [-0.05, 0) is 48.9 Å². The Morgan fingerprint density at radius 2 is 1.97 bits per heavy atom. The Bertz CT molecular complexity index is 1310. The van der Waals surface area contributed by atoms with E-state index in [4.69, 9.17) is 16.3 Å². The van der Waals surface area contributed by atoms with Crippen LogP contribution < -0.4 is 10.2 Å². The molecule has 9 heteroatoms. The molecule has 0 spiro atoms. The largest absolute Gasteiger partial charge is 0.376 e. The topological polar surface area (TPSA) is 80.6 Å². The zero-order chi connectivity index (χ0) is 23.7. The van der Waals surface area contributed by atoms with E-state index in [1.807, 2.05) is 35.0 Å². The highest BCUT2D eigenvalue weighted by Gasteiger charge is 2.37. The zero-order valence-corrected chi connectivity index (χ0v) is 19.8. The van der Waals surface area contributed by atoms with E-state index in [1.165, 1.54) is 0 Å². The minimum Gasteiger partial charge on any atom is -0.376 e. The number of rotatable bonds is 6. The maximum Gasteiger partial charge on any atom is 0.298 e. The number of nitrogens with zero attached hydrogens (tertiary/aromatic N) is 2. The number of thioether (sulfide) groups is 1. The number of carbonyl (C=O) groups is 3. The second-order valence-electron chi connectivity index (χ2n) is 8.14. The number of carbonyl (C=O) groups excluding carboxylic acids is 3. The van der Waals surface area contributed by atoms with E-state index in [2.05, 4.69) is 5.32 Å². The summed E-state index contributed by atoms with van der Waals surface area (Å²) in [6.45, 7) is 1.39. The maximum absolute atomic E-state index is 13.1. The van der Waals surface area contributed by atoms with Crippen molar-refractivity contribution in [1.82, 2.24) is 9.88 Å². The van der Waals surface area contributed by atoms with Crippen molar-refractivity contribution in [3.05, 3.63) is 70.2 Å². The average molecular weight is 496 g/mol. The summed E-state index contributed by atoms with van der Waals surface area (Å²) in [5.41, 5.74) is 1.99. The van der Waals surface area contributed by atoms with Crippen LogP contribution in [0.4, 0.5) is 10.5 Å². The molecular weight excluding hydrogens is 474 g/mol. The number of para-hydroxylation sites is 2. The molecule has 2 saturated heterocycles. The molecule has 1 atom stereocenters. The van der Waals surface area contributed by atoms with Gasteiger partial charge in [-0.1, -0.05) is 41.9 Å². The molecule has 3 amide bonds. The second-order valence-corrected chi connectivity index (χ2v) is 9.54. The first-order chi connectivity index (χ1) is 16.5. The summed E-state index contributed by atoms with van der Waals surface area (Å²) >= 11 is 7.09. The smallest absolute Gasteiger partial charge is 0.298 e. The summed E-state index contributed by atoms with van der Waals surface area (Å²) in [6.07, 6.45) is 5.59. The Labute approximate surface area is 205 Å². The van der Waals surface area contributed by atoms with Gasteiger partial charge in [0, 0.05) is 35.8 Å². The summed E-state index contributed by atoms with van der Waals surface area (Å²) in [5, 5.41) is 3.76. The summed E-state index contributed by atoms with van der Waals surface area (Å²) in [5.74, 6) is -0.531. The molecule has 174 valence electrons. The molecule has 0 radical (unpaired) electrons. The fraction of sp³-hybridized carbons (Fsp3) is 0.240. The lowest BCUT2D eigenvalue weighted by Gasteiger charge is -2.13. The Morgan fingerprint density at radius 1 is 1.18 bits per heavy atom. The molecule has 0 bridgehead atoms. The molecule has 2 fully saturated rings. The lowest BCUT2D eigenvalue weighted by atomic mass is 10.1. The number of nitrogens with one attached hydrogen (secondary N) is 1. The third kappa shape index (κ3) is 4.49. The van der Waals surface area contributed by atoms with Gasteiger partial charge in [0.1, 0.15) is 6.54 Å². The number of amides is 3. The van der Waals surface area contributed by atoms with Crippen LogP contribution in [0.2, 0.25) is 5.02 Å². The van der Waals surface area contributed by atoms with Crippen LogP contribution in [0.1, 0.15) is 18.4 Å². The molecule has 3 aromatic rings. The van der Waals surface area contributed by atoms with Crippen molar-refractivity contribution in [2.75, 3.05) is 18.1 Å². The van der Waals surface area contributed by atoms with E-state index in [1.54, 1.807) is 30.3 Å². The Hall–Kier alpha value is -3.07. The highest BCUT2D eigenvalue weighted by Crippen LogP contribution is 2.39.